The van der Waals surface area contributed by atoms with Crippen LogP contribution in [0.2, 0.25) is 0 Å². The van der Waals surface area contributed by atoms with Gasteiger partial charge in [0.15, 0.2) is 6.10 Å². The Kier molecular flexibility index (Phi) is 5.66. The summed E-state index contributed by atoms with van der Waals surface area (Å²) in [7, 11) is 0. The van der Waals surface area contributed by atoms with Gasteiger partial charge in [0, 0.05) is 18.8 Å². The lowest BCUT2D eigenvalue weighted by atomic mass is 10.0. The van der Waals surface area contributed by atoms with Crippen LogP contribution < -0.4 is 10.1 Å². The Balaban J connectivity index is 1.56. The van der Waals surface area contributed by atoms with Crippen LogP contribution in [0.1, 0.15) is 18.9 Å². The van der Waals surface area contributed by atoms with E-state index in [1.807, 2.05) is 0 Å². The van der Waals surface area contributed by atoms with Crippen LogP contribution in [-0.2, 0) is 20.9 Å². The minimum absolute atomic E-state index is 0.215. The van der Waals surface area contributed by atoms with Crippen LogP contribution in [0, 0.1) is 11.7 Å². The lowest BCUT2D eigenvalue weighted by Gasteiger charge is -2.12. The molecule has 3 rings (SSSR count). The van der Waals surface area contributed by atoms with E-state index in [1.54, 1.807) is 19.1 Å². The number of amides is 1. The number of carboxylic acids is 1. The van der Waals surface area contributed by atoms with Gasteiger partial charge in [0.1, 0.15) is 17.7 Å². The summed E-state index contributed by atoms with van der Waals surface area (Å²) in [5.41, 5.74) is 0.747. The molecule has 27 heavy (non-hydrogen) atoms. The van der Waals surface area contributed by atoms with Crippen molar-refractivity contribution in [2.75, 3.05) is 0 Å². The average Bonchev–Trinajstić information content (AvgIpc) is 3.04. The van der Waals surface area contributed by atoms with E-state index in [0.717, 1.165) is 5.56 Å². The van der Waals surface area contributed by atoms with Crippen molar-refractivity contribution in [1.82, 2.24) is 10.3 Å². The monoisotopic (exact) mass is 374 g/mol. The molecule has 0 saturated carbocycles. The Morgan fingerprint density at radius 1 is 1.33 bits per heavy atom. The molecule has 2 aromatic rings. The molecule has 142 valence electrons. The molecule has 1 aromatic carbocycles. The van der Waals surface area contributed by atoms with Gasteiger partial charge in [-0.15, -0.1) is 0 Å². The van der Waals surface area contributed by atoms with Crippen molar-refractivity contribution in [2.24, 2.45) is 5.92 Å². The predicted molar refractivity (Wildman–Crippen MR) is 92.6 cm³/mol. The van der Waals surface area contributed by atoms with Crippen molar-refractivity contribution >= 4 is 11.9 Å². The van der Waals surface area contributed by atoms with Gasteiger partial charge in [0.2, 0.25) is 11.8 Å². The normalized spacial score (nSPS) is 21.6. The fourth-order valence-electron chi connectivity index (χ4n) is 2.84. The molecule has 0 bridgehead atoms. The maximum atomic E-state index is 12.9. The molecule has 0 unspecified atom stereocenters. The van der Waals surface area contributed by atoms with Crippen molar-refractivity contribution in [1.29, 1.82) is 0 Å². The van der Waals surface area contributed by atoms with Crippen molar-refractivity contribution in [2.45, 2.75) is 32.1 Å². The number of hydrogen-bond donors (Lipinski definition) is 2. The number of hydrogen-bond acceptors (Lipinski definition) is 5. The first-order chi connectivity index (χ1) is 12.9. The molecular weight excluding hydrogens is 355 g/mol. The number of rotatable bonds is 6. The Labute approximate surface area is 155 Å². The maximum Gasteiger partial charge on any atom is 0.333 e. The zero-order valence-electron chi connectivity index (χ0n) is 14.6. The molecule has 1 saturated heterocycles. The molecule has 1 amide bonds. The maximum absolute atomic E-state index is 12.9. The van der Waals surface area contributed by atoms with Gasteiger partial charge in [-0.1, -0.05) is 6.92 Å². The van der Waals surface area contributed by atoms with Gasteiger partial charge < -0.3 is 19.9 Å². The minimum atomic E-state index is -1.06. The smallest absolute Gasteiger partial charge is 0.333 e. The highest BCUT2D eigenvalue weighted by atomic mass is 19.1. The van der Waals surface area contributed by atoms with E-state index >= 15 is 0 Å². The summed E-state index contributed by atoms with van der Waals surface area (Å²) in [5, 5.41) is 11.8. The minimum Gasteiger partial charge on any atom is -0.479 e. The summed E-state index contributed by atoms with van der Waals surface area (Å²) in [4.78, 5) is 27.4. The van der Waals surface area contributed by atoms with E-state index in [4.69, 9.17) is 14.6 Å². The van der Waals surface area contributed by atoms with E-state index in [9.17, 15) is 14.0 Å². The second-order valence-corrected chi connectivity index (χ2v) is 6.37. The quantitative estimate of drug-likeness (QED) is 0.806. The molecule has 3 atom stereocenters. The molecule has 8 heteroatoms. The first-order valence-electron chi connectivity index (χ1n) is 8.46. The highest BCUT2D eigenvalue weighted by Gasteiger charge is 2.40. The lowest BCUT2D eigenvalue weighted by Crippen LogP contribution is -2.35. The summed E-state index contributed by atoms with van der Waals surface area (Å²) in [6, 6.07) is 8.92. The van der Waals surface area contributed by atoms with E-state index in [-0.39, 0.29) is 24.2 Å². The van der Waals surface area contributed by atoms with Crippen LogP contribution in [0.15, 0.2) is 42.6 Å². The van der Waals surface area contributed by atoms with Crippen molar-refractivity contribution in [3.63, 3.8) is 0 Å². The third kappa shape index (κ3) is 4.79. The first-order valence-corrected chi connectivity index (χ1v) is 8.46. The zero-order valence-corrected chi connectivity index (χ0v) is 14.6. The van der Waals surface area contributed by atoms with Crippen LogP contribution in [0.4, 0.5) is 4.39 Å². The summed E-state index contributed by atoms with van der Waals surface area (Å²) >= 11 is 0. The second kappa shape index (κ2) is 8.13. The molecule has 1 fully saturated rings. The molecule has 7 nitrogen and oxygen atoms in total. The van der Waals surface area contributed by atoms with E-state index in [0.29, 0.717) is 18.1 Å². The Morgan fingerprint density at radius 3 is 2.74 bits per heavy atom. The van der Waals surface area contributed by atoms with Gasteiger partial charge in [0.05, 0.1) is 0 Å². The van der Waals surface area contributed by atoms with Gasteiger partial charge in [-0.25, -0.2) is 14.2 Å². The molecule has 1 aromatic heterocycles. The number of nitrogens with zero attached hydrogens (tertiary/aromatic N) is 1. The van der Waals surface area contributed by atoms with Crippen LogP contribution in [0.3, 0.4) is 0 Å². The molecule has 1 aliphatic rings. The Morgan fingerprint density at radius 2 is 2.07 bits per heavy atom. The van der Waals surface area contributed by atoms with Crippen LogP contribution in [0.5, 0.6) is 11.6 Å². The first kappa shape index (κ1) is 18.8. The fourth-order valence-corrected chi connectivity index (χ4v) is 2.84. The number of aliphatic carboxylic acids is 1. The molecular formula is C19H19FN2O5. The van der Waals surface area contributed by atoms with Crippen LogP contribution in [0.25, 0.3) is 0 Å². The Hall–Kier alpha value is -3.00. The second-order valence-electron chi connectivity index (χ2n) is 6.37. The summed E-state index contributed by atoms with van der Waals surface area (Å²) in [5.74, 6) is -1.25. The number of aromatic nitrogens is 1. The summed E-state index contributed by atoms with van der Waals surface area (Å²) < 4.78 is 23.8. The van der Waals surface area contributed by atoms with E-state index in [2.05, 4.69) is 10.3 Å². The summed E-state index contributed by atoms with van der Waals surface area (Å²) in [6.45, 7) is 1.96. The molecule has 0 aliphatic carbocycles. The van der Waals surface area contributed by atoms with Crippen molar-refractivity contribution in [3.8, 4) is 11.6 Å². The largest absolute Gasteiger partial charge is 0.479 e. The van der Waals surface area contributed by atoms with Crippen molar-refractivity contribution < 1.29 is 28.6 Å². The number of carbonyl (C=O) groups is 2. The number of nitrogens with one attached hydrogen (secondary N) is 1. The van der Waals surface area contributed by atoms with Gasteiger partial charge in [-0.3, -0.25) is 4.79 Å². The highest BCUT2D eigenvalue weighted by Crippen LogP contribution is 2.26. The van der Waals surface area contributed by atoms with Crippen molar-refractivity contribution in [3.05, 3.63) is 54.0 Å². The molecule has 2 heterocycles. The third-order valence-electron chi connectivity index (χ3n) is 4.25. The lowest BCUT2D eigenvalue weighted by molar-refractivity contribution is -0.153. The standard InChI is InChI=1S/C19H19FN2O5/c1-11-8-15(27-17(11)19(24)25)18(23)22-10-12-6-7-21-16(9-12)26-14-4-2-13(20)3-5-14/h2-7,9,11,15,17H,8,10H2,1H3,(H,22,23)(H,24,25)/t11-,15-,17-/m1/s1. The number of carbonyl (C=O) groups excluding carboxylic acids is 1. The number of ether oxygens (including phenoxy) is 2. The summed E-state index contributed by atoms with van der Waals surface area (Å²) in [6.07, 6.45) is 0.155. The van der Waals surface area contributed by atoms with Gasteiger partial charge in [-0.2, -0.15) is 0 Å². The Bertz CT molecular complexity index is 827. The number of benzene rings is 1. The topological polar surface area (TPSA) is 97.8 Å². The van der Waals surface area contributed by atoms with Gasteiger partial charge in [-0.05, 0) is 48.2 Å². The predicted octanol–water partition coefficient (Wildman–Crippen LogP) is 2.51. The number of halogens is 1. The van der Waals surface area contributed by atoms with Crippen LogP contribution >= 0.6 is 0 Å². The zero-order chi connectivity index (χ0) is 19.4. The number of pyridine rings is 1. The van der Waals surface area contributed by atoms with E-state index < -0.39 is 18.2 Å². The number of carboxylic acid groups (broad SMARTS) is 1. The third-order valence-corrected chi connectivity index (χ3v) is 4.25. The SMILES string of the molecule is C[C@@H]1C[C@H](C(=O)NCc2ccnc(Oc3ccc(F)cc3)c2)O[C@H]1C(=O)O. The molecule has 1 aliphatic heterocycles. The van der Waals surface area contributed by atoms with Gasteiger partial charge in [0.25, 0.3) is 0 Å². The van der Waals surface area contributed by atoms with E-state index in [1.165, 1.54) is 30.5 Å². The molecule has 0 radical (unpaired) electrons. The fraction of sp³-hybridized carbons (Fsp3) is 0.316. The molecule has 2 N–H and O–H groups in total. The van der Waals surface area contributed by atoms with Crippen LogP contribution in [-0.4, -0.2) is 34.2 Å². The molecule has 0 spiro atoms. The van der Waals surface area contributed by atoms with Gasteiger partial charge >= 0.3 is 5.97 Å². The highest BCUT2D eigenvalue weighted by molar-refractivity contribution is 5.82. The average molecular weight is 374 g/mol.